The Morgan fingerprint density at radius 2 is 1.90 bits per heavy atom. The first-order chi connectivity index (χ1) is 9.83. The SMILES string of the molecule is OC(Cc1csc2ccccc12)C1C2C3CCC(C3)C12. The van der Waals surface area contributed by atoms with Crippen molar-refractivity contribution in [3.63, 3.8) is 0 Å². The van der Waals surface area contributed by atoms with Crippen molar-refractivity contribution in [3.05, 3.63) is 35.2 Å². The lowest BCUT2D eigenvalue weighted by Gasteiger charge is -2.15. The second-order valence-corrected chi connectivity index (χ2v) is 8.01. The summed E-state index contributed by atoms with van der Waals surface area (Å²) in [6.07, 6.45) is 5.11. The van der Waals surface area contributed by atoms with E-state index in [-0.39, 0.29) is 6.10 Å². The Balaban J connectivity index is 1.37. The Morgan fingerprint density at radius 1 is 1.15 bits per heavy atom. The Kier molecular flexibility index (Phi) is 2.40. The van der Waals surface area contributed by atoms with Gasteiger partial charge in [-0.2, -0.15) is 0 Å². The summed E-state index contributed by atoms with van der Waals surface area (Å²) in [5, 5.41) is 14.3. The molecule has 0 spiro atoms. The molecule has 1 heterocycles. The average molecular weight is 284 g/mol. The van der Waals surface area contributed by atoms with E-state index in [4.69, 9.17) is 0 Å². The number of rotatable bonds is 3. The Hall–Kier alpha value is -0.860. The van der Waals surface area contributed by atoms with Gasteiger partial charge in [0.05, 0.1) is 6.10 Å². The average Bonchev–Trinajstić information content (AvgIpc) is 2.78. The number of hydrogen-bond acceptors (Lipinski definition) is 2. The highest BCUT2D eigenvalue weighted by Gasteiger charge is 2.66. The molecule has 3 aliphatic carbocycles. The number of fused-ring (bicyclic) bond motifs is 6. The molecule has 3 saturated carbocycles. The zero-order valence-electron chi connectivity index (χ0n) is 11.5. The third kappa shape index (κ3) is 1.52. The van der Waals surface area contributed by atoms with Crippen LogP contribution in [0.1, 0.15) is 24.8 Å². The van der Waals surface area contributed by atoms with E-state index < -0.39 is 0 Å². The van der Waals surface area contributed by atoms with Crippen LogP contribution in [-0.2, 0) is 6.42 Å². The standard InChI is InChI=1S/C18H20OS/c19-14(18-16-10-5-6-11(7-10)17(16)18)8-12-9-20-15-4-2-1-3-13(12)15/h1-4,9-11,14,16-19H,5-8H2. The number of aliphatic hydroxyl groups excluding tert-OH is 1. The van der Waals surface area contributed by atoms with E-state index in [0.29, 0.717) is 5.92 Å². The van der Waals surface area contributed by atoms with Crippen LogP contribution in [0.15, 0.2) is 29.6 Å². The number of thiophene rings is 1. The second kappa shape index (κ2) is 4.08. The molecule has 5 unspecified atom stereocenters. The van der Waals surface area contributed by atoms with Gasteiger partial charge in [0, 0.05) is 11.1 Å². The van der Waals surface area contributed by atoms with Crippen LogP contribution in [-0.4, -0.2) is 11.2 Å². The third-order valence-electron chi connectivity index (χ3n) is 6.23. The predicted octanol–water partition coefficient (Wildman–Crippen LogP) is 4.10. The summed E-state index contributed by atoms with van der Waals surface area (Å²) in [7, 11) is 0. The smallest absolute Gasteiger partial charge is 0.0614 e. The van der Waals surface area contributed by atoms with Crippen LogP contribution in [0, 0.1) is 29.6 Å². The fraction of sp³-hybridized carbons (Fsp3) is 0.556. The number of benzene rings is 1. The molecule has 1 nitrogen and oxygen atoms in total. The van der Waals surface area contributed by atoms with Gasteiger partial charge in [-0.15, -0.1) is 11.3 Å². The lowest BCUT2D eigenvalue weighted by molar-refractivity contribution is 0.129. The van der Waals surface area contributed by atoms with Gasteiger partial charge >= 0.3 is 0 Å². The van der Waals surface area contributed by atoms with Gasteiger partial charge in [-0.3, -0.25) is 0 Å². The van der Waals surface area contributed by atoms with Gasteiger partial charge in [0.15, 0.2) is 0 Å². The maximum Gasteiger partial charge on any atom is 0.0614 e. The minimum atomic E-state index is -0.105. The van der Waals surface area contributed by atoms with Crippen molar-refractivity contribution in [1.82, 2.24) is 0 Å². The van der Waals surface area contributed by atoms with Gasteiger partial charge in [-0.25, -0.2) is 0 Å². The molecule has 0 saturated heterocycles. The van der Waals surface area contributed by atoms with Crippen molar-refractivity contribution < 1.29 is 5.11 Å². The third-order valence-corrected chi connectivity index (χ3v) is 7.24. The Bertz CT molecular complexity index is 644. The maximum atomic E-state index is 10.7. The summed E-state index contributed by atoms with van der Waals surface area (Å²) in [6.45, 7) is 0. The van der Waals surface area contributed by atoms with Crippen LogP contribution in [0.3, 0.4) is 0 Å². The zero-order chi connectivity index (χ0) is 13.3. The van der Waals surface area contributed by atoms with Gasteiger partial charge in [-0.05, 0) is 71.2 Å². The maximum absolute atomic E-state index is 10.7. The lowest BCUT2D eigenvalue weighted by atomic mass is 9.95. The fourth-order valence-corrected chi connectivity index (χ4v) is 6.43. The monoisotopic (exact) mass is 284 g/mol. The summed E-state index contributed by atoms with van der Waals surface area (Å²) < 4.78 is 1.35. The van der Waals surface area contributed by atoms with E-state index in [2.05, 4.69) is 29.6 Å². The van der Waals surface area contributed by atoms with Gasteiger partial charge in [-0.1, -0.05) is 18.2 Å². The molecule has 0 radical (unpaired) electrons. The van der Waals surface area contributed by atoms with Crippen LogP contribution in [0.25, 0.3) is 10.1 Å². The molecular formula is C18H20OS. The van der Waals surface area contributed by atoms with Crippen molar-refractivity contribution >= 4 is 21.4 Å². The molecule has 2 heteroatoms. The summed E-state index contributed by atoms with van der Waals surface area (Å²) in [5.41, 5.74) is 1.36. The molecule has 5 rings (SSSR count). The molecule has 0 aliphatic heterocycles. The van der Waals surface area contributed by atoms with Crippen molar-refractivity contribution in [2.45, 2.75) is 31.8 Å². The molecule has 2 aromatic rings. The predicted molar refractivity (Wildman–Crippen MR) is 82.8 cm³/mol. The number of hydrogen-bond donors (Lipinski definition) is 1. The van der Waals surface area contributed by atoms with E-state index in [1.165, 1.54) is 34.9 Å². The van der Waals surface area contributed by atoms with Crippen LogP contribution < -0.4 is 0 Å². The van der Waals surface area contributed by atoms with E-state index in [0.717, 1.165) is 30.1 Å². The molecule has 20 heavy (non-hydrogen) atoms. The van der Waals surface area contributed by atoms with Gasteiger partial charge in [0.2, 0.25) is 0 Å². The van der Waals surface area contributed by atoms with Crippen molar-refractivity contribution in [1.29, 1.82) is 0 Å². The molecule has 2 bridgehead atoms. The quantitative estimate of drug-likeness (QED) is 0.900. The van der Waals surface area contributed by atoms with Gasteiger partial charge < -0.3 is 5.11 Å². The molecule has 0 amide bonds. The van der Waals surface area contributed by atoms with Crippen LogP contribution in [0.2, 0.25) is 0 Å². The fourth-order valence-electron chi connectivity index (χ4n) is 5.46. The number of aliphatic hydroxyl groups is 1. The summed E-state index contributed by atoms with van der Waals surface area (Å²) in [4.78, 5) is 0. The molecule has 104 valence electrons. The van der Waals surface area contributed by atoms with E-state index in [9.17, 15) is 5.11 Å². The zero-order valence-corrected chi connectivity index (χ0v) is 12.4. The molecule has 1 aromatic carbocycles. The highest BCUT2D eigenvalue weighted by Crippen LogP contribution is 2.70. The van der Waals surface area contributed by atoms with Crippen LogP contribution >= 0.6 is 11.3 Å². The van der Waals surface area contributed by atoms with E-state index in [1.807, 2.05) is 11.3 Å². The normalized spacial score (nSPS) is 39.1. The Labute approximate surface area is 123 Å². The molecule has 1 N–H and O–H groups in total. The molecule has 3 aliphatic rings. The van der Waals surface area contributed by atoms with Crippen LogP contribution in [0.4, 0.5) is 0 Å². The minimum Gasteiger partial charge on any atom is -0.392 e. The first-order valence-electron chi connectivity index (χ1n) is 7.96. The topological polar surface area (TPSA) is 20.2 Å². The minimum absolute atomic E-state index is 0.105. The largest absolute Gasteiger partial charge is 0.392 e. The molecule has 3 fully saturated rings. The van der Waals surface area contributed by atoms with Crippen LogP contribution in [0.5, 0.6) is 0 Å². The second-order valence-electron chi connectivity index (χ2n) is 7.09. The molecule has 1 aromatic heterocycles. The van der Waals surface area contributed by atoms with E-state index in [1.54, 1.807) is 0 Å². The first-order valence-corrected chi connectivity index (χ1v) is 8.84. The Morgan fingerprint density at radius 3 is 2.70 bits per heavy atom. The molecular weight excluding hydrogens is 264 g/mol. The highest BCUT2D eigenvalue weighted by atomic mass is 32.1. The van der Waals surface area contributed by atoms with Gasteiger partial charge in [0.25, 0.3) is 0 Å². The lowest BCUT2D eigenvalue weighted by Crippen LogP contribution is -2.18. The van der Waals surface area contributed by atoms with Gasteiger partial charge in [0.1, 0.15) is 0 Å². The summed E-state index contributed by atoms with van der Waals surface area (Å²) in [5.74, 6) is 4.31. The molecule has 5 atom stereocenters. The highest BCUT2D eigenvalue weighted by molar-refractivity contribution is 7.17. The summed E-state index contributed by atoms with van der Waals surface area (Å²) >= 11 is 1.81. The van der Waals surface area contributed by atoms with Crippen molar-refractivity contribution in [2.24, 2.45) is 29.6 Å². The van der Waals surface area contributed by atoms with E-state index >= 15 is 0 Å². The van der Waals surface area contributed by atoms with Crippen molar-refractivity contribution in [2.75, 3.05) is 0 Å². The first kappa shape index (κ1) is 11.8. The van der Waals surface area contributed by atoms with Crippen molar-refractivity contribution in [3.8, 4) is 0 Å². The summed E-state index contributed by atoms with van der Waals surface area (Å²) in [6, 6.07) is 8.59.